The number of carbonyl (C=O) groups is 1. The van der Waals surface area contributed by atoms with E-state index < -0.39 is 0 Å². The zero-order valence-electron chi connectivity index (χ0n) is 11.6. The smallest absolute Gasteiger partial charge is 0.261 e. The third kappa shape index (κ3) is 3.73. The number of hydrogen-bond acceptors (Lipinski definition) is 3. The summed E-state index contributed by atoms with van der Waals surface area (Å²) in [5, 5.41) is 6.44. The Morgan fingerprint density at radius 3 is 2.57 bits per heavy atom. The van der Waals surface area contributed by atoms with Gasteiger partial charge in [0.25, 0.3) is 5.91 Å². The summed E-state index contributed by atoms with van der Waals surface area (Å²) in [6.07, 6.45) is 2.02. The molecule has 1 aromatic heterocycles. The highest BCUT2D eigenvalue weighted by molar-refractivity contribution is 9.10. The summed E-state index contributed by atoms with van der Waals surface area (Å²) >= 11 is 4.98. The first-order valence-electron chi connectivity index (χ1n) is 7.10. The fourth-order valence-electron chi connectivity index (χ4n) is 2.45. The highest BCUT2D eigenvalue weighted by atomic mass is 79.9. The van der Waals surface area contributed by atoms with E-state index in [4.69, 9.17) is 0 Å². The number of benzene rings is 1. The van der Waals surface area contributed by atoms with E-state index in [-0.39, 0.29) is 5.91 Å². The molecule has 1 aliphatic heterocycles. The van der Waals surface area contributed by atoms with E-state index in [1.165, 1.54) is 0 Å². The normalized spacial score (nSPS) is 15.9. The average Bonchev–Trinajstić information content (AvgIpc) is 2.99. The summed E-state index contributed by atoms with van der Waals surface area (Å²) in [7, 11) is 0. The van der Waals surface area contributed by atoms with Crippen LogP contribution < -0.4 is 10.6 Å². The molecule has 0 spiro atoms. The van der Waals surface area contributed by atoms with Gasteiger partial charge in [-0.3, -0.25) is 4.79 Å². The second-order valence-corrected chi connectivity index (χ2v) is 7.17. The molecule has 0 aliphatic carbocycles. The van der Waals surface area contributed by atoms with Gasteiger partial charge >= 0.3 is 0 Å². The lowest BCUT2D eigenvalue weighted by Gasteiger charge is -2.23. The molecule has 0 saturated carbocycles. The topological polar surface area (TPSA) is 41.1 Å². The van der Waals surface area contributed by atoms with Crippen LogP contribution in [0.4, 0.5) is 0 Å². The van der Waals surface area contributed by atoms with E-state index in [1.54, 1.807) is 11.3 Å². The monoisotopic (exact) mass is 364 g/mol. The van der Waals surface area contributed by atoms with Crippen molar-refractivity contribution in [1.29, 1.82) is 0 Å². The Balaban J connectivity index is 1.69. The van der Waals surface area contributed by atoms with Gasteiger partial charge in [0.2, 0.25) is 0 Å². The Labute approximate surface area is 136 Å². The summed E-state index contributed by atoms with van der Waals surface area (Å²) in [5.41, 5.74) is 1.14. The van der Waals surface area contributed by atoms with E-state index >= 15 is 0 Å². The van der Waals surface area contributed by atoms with Crippen molar-refractivity contribution in [2.24, 2.45) is 0 Å². The predicted molar refractivity (Wildman–Crippen MR) is 90.8 cm³/mol. The molecule has 2 heterocycles. The molecule has 3 rings (SSSR count). The SMILES string of the molecule is O=C(NC1CCNCC1)c1ccc(-c2ccc(Br)cc2)s1. The van der Waals surface area contributed by atoms with E-state index in [1.807, 2.05) is 24.3 Å². The van der Waals surface area contributed by atoms with Crippen LogP contribution in [-0.4, -0.2) is 25.0 Å². The molecule has 2 aromatic rings. The van der Waals surface area contributed by atoms with Crippen LogP contribution in [0.2, 0.25) is 0 Å². The summed E-state index contributed by atoms with van der Waals surface area (Å²) in [5.74, 6) is 0.0512. The molecule has 1 amide bonds. The van der Waals surface area contributed by atoms with Crippen molar-refractivity contribution in [3.63, 3.8) is 0 Å². The number of carbonyl (C=O) groups excluding carboxylic acids is 1. The van der Waals surface area contributed by atoms with Gasteiger partial charge in [-0.1, -0.05) is 28.1 Å². The third-order valence-electron chi connectivity index (χ3n) is 3.63. The Hall–Kier alpha value is -1.17. The largest absolute Gasteiger partial charge is 0.349 e. The second-order valence-electron chi connectivity index (χ2n) is 5.17. The summed E-state index contributed by atoms with van der Waals surface area (Å²) < 4.78 is 1.06. The van der Waals surface area contributed by atoms with Crippen molar-refractivity contribution < 1.29 is 4.79 Å². The zero-order chi connectivity index (χ0) is 14.7. The molecule has 21 heavy (non-hydrogen) atoms. The van der Waals surface area contributed by atoms with E-state index in [0.29, 0.717) is 6.04 Å². The van der Waals surface area contributed by atoms with Crippen molar-refractivity contribution in [1.82, 2.24) is 10.6 Å². The number of amides is 1. The minimum absolute atomic E-state index is 0.0512. The maximum absolute atomic E-state index is 12.3. The Morgan fingerprint density at radius 1 is 1.14 bits per heavy atom. The van der Waals surface area contributed by atoms with Crippen LogP contribution in [0.1, 0.15) is 22.5 Å². The van der Waals surface area contributed by atoms with Gasteiger partial charge in [0.15, 0.2) is 0 Å². The van der Waals surface area contributed by atoms with Crippen LogP contribution in [0.3, 0.4) is 0 Å². The van der Waals surface area contributed by atoms with Crippen LogP contribution in [0.15, 0.2) is 40.9 Å². The van der Waals surface area contributed by atoms with Gasteiger partial charge in [0.05, 0.1) is 4.88 Å². The standard InChI is InChI=1S/C16H17BrN2OS/c17-12-3-1-11(2-4-12)14-5-6-15(21-14)16(20)19-13-7-9-18-10-8-13/h1-6,13,18H,7-10H2,(H,19,20). The quantitative estimate of drug-likeness (QED) is 0.872. The van der Waals surface area contributed by atoms with Gasteiger partial charge in [-0.2, -0.15) is 0 Å². The summed E-state index contributed by atoms with van der Waals surface area (Å²) in [4.78, 5) is 14.2. The Morgan fingerprint density at radius 2 is 1.86 bits per heavy atom. The lowest BCUT2D eigenvalue weighted by molar-refractivity contribution is 0.0933. The first-order chi connectivity index (χ1) is 10.2. The van der Waals surface area contributed by atoms with Crippen LogP contribution in [0, 0.1) is 0 Å². The van der Waals surface area contributed by atoms with Crippen LogP contribution >= 0.6 is 27.3 Å². The van der Waals surface area contributed by atoms with Crippen molar-refractivity contribution >= 4 is 33.2 Å². The molecule has 1 saturated heterocycles. The molecule has 1 aliphatic rings. The molecule has 2 N–H and O–H groups in total. The number of thiophene rings is 1. The molecular weight excluding hydrogens is 348 g/mol. The van der Waals surface area contributed by atoms with Crippen LogP contribution in [0.25, 0.3) is 10.4 Å². The molecule has 3 nitrogen and oxygen atoms in total. The predicted octanol–water partition coefficient (Wildman–Crippen LogP) is 3.66. The van der Waals surface area contributed by atoms with Gasteiger partial charge in [0, 0.05) is 15.4 Å². The van der Waals surface area contributed by atoms with Gasteiger partial charge in [0.1, 0.15) is 0 Å². The molecule has 1 fully saturated rings. The number of rotatable bonds is 3. The van der Waals surface area contributed by atoms with Gasteiger partial charge < -0.3 is 10.6 Å². The second kappa shape index (κ2) is 6.73. The number of hydrogen-bond donors (Lipinski definition) is 2. The maximum atomic E-state index is 12.3. The number of nitrogens with one attached hydrogen (secondary N) is 2. The molecular formula is C16H17BrN2OS. The Kier molecular flexibility index (Phi) is 4.73. The summed E-state index contributed by atoms with van der Waals surface area (Å²) in [6.45, 7) is 1.97. The number of halogens is 1. The molecule has 0 radical (unpaired) electrons. The van der Waals surface area contributed by atoms with E-state index in [2.05, 4.69) is 38.7 Å². The third-order valence-corrected chi connectivity index (χ3v) is 5.29. The molecule has 0 bridgehead atoms. The minimum atomic E-state index is 0.0512. The highest BCUT2D eigenvalue weighted by Gasteiger charge is 2.17. The molecule has 110 valence electrons. The first-order valence-corrected chi connectivity index (χ1v) is 8.71. The van der Waals surface area contributed by atoms with Crippen molar-refractivity contribution in [2.75, 3.05) is 13.1 Å². The maximum Gasteiger partial charge on any atom is 0.261 e. The van der Waals surface area contributed by atoms with Crippen molar-refractivity contribution in [3.8, 4) is 10.4 Å². The van der Waals surface area contributed by atoms with Gasteiger partial charge in [-0.05, 0) is 55.8 Å². The highest BCUT2D eigenvalue weighted by Crippen LogP contribution is 2.29. The molecule has 1 aromatic carbocycles. The average molecular weight is 365 g/mol. The lowest BCUT2D eigenvalue weighted by atomic mass is 10.1. The van der Waals surface area contributed by atoms with Crippen LogP contribution in [-0.2, 0) is 0 Å². The molecule has 0 unspecified atom stereocenters. The molecule has 5 heteroatoms. The first kappa shape index (κ1) is 14.8. The Bertz CT molecular complexity index is 617. The van der Waals surface area contributed by atoms with Crippen LogP contribution in [0.5, 0.6) is 0 Å². The minimum Gasteiger partial charge on any atom is -0.349 e. The van der Waals surface area contributed by atoms with Crippen molar-refractivity contribution in [2.45, 2.75) is 18.9 Å². The fourth-order valence-corrected chi connectivity index (χ4v) is 3.63. The van der Waals surface area contributed by atoms with Gasteiger partial charge in [-0.15, -0.1) is 11.3 Å². The molecule has 0 atom stereocenters. The van der Waals surface area contributed by atoms with Crippen molar-refractivity contribution in [3.05, 3.63) is 45.7 Å². The van der Waals surface area contributed by atoms with E-state index in [0.717, 1.165) is 45.7 Å². The fraction of sp³-hybridized carbons (Fsp3) is 0.312. The summed E-state index contributed by atoms with van der Waals surface area (Å²) in [6, 6.07) is 12.4. The van der Waals surface area contributed by atoms with Gasteiger partial charge in [-0.25, -0.2) is 0 Å². The lowest BCUT2D eigenvalue weighted by Crippen LogP contribution is -2.42. The zero-order valence-corrected chi connectivity index (χ0v) is 14.0. The van der Waals surface area contributed by atoms with E-state index in [9.17, 15) is 4.79 Å². The number of piperidine rings is 1.